The van der Waals surface area contributed by atoms with E-state index in [4.69, 9.17) is 4.74 Å². The average molecular weight is 343 g/mol. The highest BCUT2D eigenvalue weighted by molar-refractivity contribution is 5.82. The molecule has 0 saturated carbocycles. The summed E-state index contributed by atoms with van der Waals surface area (Å²) in [7, 11) is 0. The van der Waals surface area contributed by atoms with Crippen LogP contribution in [0.5, 0.6) is 0 Å². The fraction of sp³-hybridized carbons (Fsp3) is 0.435. The maximum Gasteiger partial charge on any atom is 0.331 e. The first-order valence-corrected chi connectivity index (χ1v) is 9.42. The average Bonchev–Trinajstić information content (AvgIpc) is 2.62. The topological polar surface area (TPSA) is 26.3 Å². The lowest BCUT2D eigenvalue weighted by atomic mass is 10.1. The summed E-state index contributed by atoms with van der Waals surface area (Å²) in [5, 5.41) is 0. The monoisotopic (exact) mass is 342 g/mol. The van der Waals surface area contributed by atoms with Gasteiger partial charge in [0.15, 0.2) is 0 Å². The van der Waals surface area contributed by atoms with E-state index in [1.54, 1.807) is 18.2 Å². The molecule has 0 aromatic rings. The Balaban J connectivity index is 3.61. The van der Waals surface area contributed by atoms with Crippen molar-refractivity contribution in [1.82, 2.24) is 0 Å². The second-order valence-corrected chi connectivity index (χ2v) is 5.77. The standard InChI is InChI=1S/C23H34O2/c1-3-5-6-7-8-9-10-11-12-13-14-15-16-17-18-19-20-21-23(24)25-22-4-2/h4,12-21H,2-3,5-11,22H2,1H3/b13-12+,15-14+,17-16+,19-18+,21-20+. The van der Waals surface area contributed by atoms with Gasteiger partial charge < -0.3 is 4.74 Å². The third-order valence-electron chi connectivity index (χ3n) is 3.46. The van der Waals surface area contributed by atoms with E-state index in [0.29, 0.717) is 0 Å². The molecule has 0 aromatic carbocycles. The van der Waals surface area contributed by atoms with Gasteiger partial charge in [-0.3, -0.25) is 0 Å². The van der Waals surface area contributed by atoms with Crippen molar-refractivity contribution in [3.63, 3.8) is 0 Å². The van der Waals surface area contributed by atoms with Gasteiger partial charge in [-0.1, -0.05) is 113 Å². The Morgan fingerprint density at radius 1 is 0.800 bits per heavy atom. The van der Waals surface area contributed by atoms with Gasteiger partial charge in [0.2, 0.25) is 0 Å². The molecule has 2 nitrogen and oxygen atoms in total. The second-order valence-electron chi connectivity index (χ2n) is 5.77. The van der Waals surface area contributed by atoms with Gasteiger partial charge in [0.1, 0.15) is 6.61 Å². The fourth-order valence-electron chi connectivity index (χ4n) is 2.10. The Labute approximate surface area is 154 Å². The van der Waals surface area contributed by atoms with E-state index >= 15 is 0 Å². The van der Waals surface area contributed by atoms with Crippen LogP contribution in [0.1, 0.15) is 58.3 Å². The van der Waals surface area contributed by atoms with Gasteiger partial charge in [0, 0.05) is 6.08 Å². The van der Waals surface area contributed by atoms with Crippen LogP contribution in [-0.4, -0.2) is 12.6 Å². The van der Waals surface area contributed by atoms with E-state index in [9.17, 15) is 4.79 Å². The molecular formula is C23H34O2. The van der Waals surface area contributed by atoms with Crippen molar-refractivity contribution in [3.8, 4) is 0 Å². The minimum atomic E-state index is -0.362. The molecule has 0 fully saturated rings. The van der Waals surface area contributed by atoms with Crippen LogP contribution < -0.4 is 0 Å². The van der Waals surface area contributed by atoms with Gasteiger partial charge in [0.25, 0.3) is 0 Å². The molecule has 138 valence electrons. The Bertz CT molecular complexity index is 464. The molecule has 0 rings (SSSR count). The summed E-state index contributed by atoms with van der Waals surface area (Å²) in [6.07, 6.45) is 31.1. The molecule has 0 heterocycles. The normalized spacial score (nSPS) is 12.4. The number of hydrogen-bond acceptors (Lipinski definition) is 2. The van der Waals surface area contributed by atoms with Gasteiger partial charge in [-0.25, -0.2) is 4.79 Å². The summed E-state index contributed by atoms with van der Waals surface area (Å²) in [4.78, 5) is 11.1. The van der Waals surface area contributed by atoms with Crippen molar-refractivity contribution in [1.29, 1.82) is 0 Å². The number of hydrogen-bond donors (Lipinski definition) is 0. The Kier molecular flexibility index (Phi) is 18.3. The van der Waals surface area contributed by atoms with E-state index in [2.05, 4.69) is 25.7 Å². The highest BCUT2D eigenvalue weighted by Crippen LogP contribution is 2.08. The molecule has 0 bridgehead atoms. The molecule has 0 spiro atoms. The van der Waals surface area contributed by atoms with Crippen molar-refractivity contribution in [2.24, 2.45) is 0 Å². The first-order valence-electron chi connectivity index (χ1n) is 9.42. The molecule has 0 unspecified atom stereocenters. The summed E-state index contributed by atoms with van der Waals surface area (Å²) in [5.41, 5.74) is 0. The molecule has 0 radical (unpaired) electrons. The first-order chi connectivity index (χ1) is 12.3. The number of carbonyl (C=O) groups excluding carboxylic acids is 1. The second kappa shape index (κ2) is 20.0. The van der Waals surface area contributed by atoms with Gasteiger partial charge in [0.05, 0.1) is 0 Å². The smallest absolute Gasteiger partial charge is 0.331 e. The van der Waals surface area contributed by atoms with Gasteiger partial charge in [-0.05, 0) is 12.8 Å². The largest absolute Gasteiger partial charge is 0.458 e. The summed E-state index contributed by atoms with van der Waals surface area (Å²) < 4.78 is 4.81. The van der Waals surface area contributed by atoms with Crippen LogP contribution in [0.3, 0.4) is 0 Å². The highest BCUT2D eigenvalue weighted by Gasteiger charge is 1.90. The Morgan fingerprint density at radius 2 is 1.36 bits per heavy atom. The van der Waals surface area contributed by atoms with E-state index < -0.39 is 0 Å². The first kappa shape index (κ1) is 22.9. The maximum atomic E-state index is 11.1. The number of ether oxygens (including phenoxy) is 1. The number of unbranched alkanes of at least 4 members (excludes halogenated alkanes) is 7. The molecule has 25 heavy (non-hydrogen) atoms. The van der Waals surface area contributed by atoms with E-state index in [0.717, 1.165) is 6.42 Å². The van der Waals surface area contributed by atoms with Crippen LogP contribution >= 0.6 is 0 Å². The number of esters is 1. The minimum absolute atomic E-state index is 0.240. The zero-order chi connectivity index (χ0) is 18.4. The van der Waals surface area contributed by atoms with Crippen LogP contribution in [0.4, 0.5) is 0 Å². The molecule has 0 aliphatic heterocycles. The van der Waals surface area contributed by atoms with Crippen LogP contribution in [0.25, 0.3) is 0 Å². The minimum Gasteiger partial charge on any atom is -0.458 e. The summed E-state index contributed by atoms with van der Waals surface area (Å²) >= 11 is 0. The quantitative estimate of drug-likeness (QED) is 0.110. The Hall–Kier alpha value is -2.09. The lowest BCUT2D eigenvalue weighted by Crippen LogP contribution is -1.99. The molecule has 0 aromatic heterocycles. The van der Waals surface area contributed by atoms with Gasteiger partial charge in [-0.2, -0.15) is 0 Å². The third-order valence-corrected chi connectivity index (χ3v) is 3.46. The van der Waals surface area contributed by atoms with Crippen molar-refractivity contribution < 1.29 is 9.53 Å². The van der Waals surface area contributed by atoms with E-state index in [1.165, 1.54) is 51.0 Å². The molecule has 2 heteroatoms. The number of rotatable bonds is 15. The molecule has 0 amide bonds. The molecule has 0 aliphatic rings. The van der Waals surface area contributed by atoms with Crippen molar-refractivity contribution >= 4 is 5.97 Å². The van der Waals surface area contributed by atoms with Crippen molar-refractivity contribution in [2.45, 2.75) is 58.3 Å². The zero-order valence-corrected chi connectivity index (χ0v) is 15.7. The number of allylic oxidation sites excluding steroid dienone is 9. The van der Waals surface area contributed by atoms with Crippen LogP contribution in [-0.2, 0) is 9.53 Å². The van der Waals surface area contributed by atoms with Crippen LogP contribution in [0.2, 0.25) is 0 Å². The predicted octanol–water partition coefficient (Wildman–Crippen LogP) is 6.64. The fourth-order valence-corrected chi connectivity index (χ4v) is 2.10. The molecule has 0 N–H and O–H groups in total. The lowest BCUT2D eigenvalue weighted by Gasteiger charge is -1.98. The summed E-state index contributed by atoms with van der Waals surface area (Å²) in [6, 6.07) is 0. The van der Waals surface area contributed by atoms with Crippen LogP contribution in [0, 0.1) is 0 Å². The van der Waals surface area contributed by atoms with Gasteiger partial charge in [-0.15, -0.1) is 0 Å². The predicted molar refractivity (Wildman–Crippen MR) is 109 cm³/mol. The van der Waals surface area contributed by atoms with Gasteiger partial charge >= 0.3 is 5.97 Å². The molecule has 0 saturated heterocycles. The SMILES string of the molecule is C=CCOC(=O)/C=C/C=C/C=C/C=C/C=C/CCCCCCCCC. The highest BCUT2D eigenvalue weighted by atomic mass is 16.5. The van der Waals surface area contributed by atoms with E-state index in [1.807, 2.05) is 30.4 Å². The summed E-state index contributed by atoms with van der Waals surface area (Å²) in [5.74, 6) is -0.362. The van der Waals surface area contributed by atoms with Crippen LogP contribution in [0.15, 0.2) is 73.4 Å². The third kappa shape index (κ3) is 19.9. The lowest BCUT2D eigenvalue weighted by molar-refractivity contribution is -0.136. The molecule has 0 atom stereocenters. The van der Waals surface area contributed by atoms with Crippen molar-refractivity contribution in [2.75, 3.05) is 6.61 Å². The number of carbonyl (C=O) groups is 1. The summed E-state index contributed by atoms with van der Waals surface area (Å²) in [6.45, 7) is 5.97. The zero-order valence-electron chi connectivity index (χ0n) is 15.7. The van der Waals surface area contributed by atoms with Crippen molar-refractivity contribution in [3.05, 3.63) is 73.4 Å². The maximum absolute atomic E-state index is 11.1. The van der Waals surface area contributed by atoms with E-state index in [-0.39, 0.29) is 12.6 Å². The Morgan fingerprint density at radius 3 is 2.00 bits per heavy atom. The molecule has 0 aliphatic carbocycles. The molecular weight excluding hydrogens is 308 g/mol.